The standard InChI is InChI=1S/C10H12N2O4/c1-16-10(13)11-7-6-8-4-2-3-5-9(8)12(14)15/h2-7,12,14H,1H3,(H,11,13). The fraction of sp³-hybridized carbons (Fsp3) is 0.100. The topological polar surface area (TPSA) is 86.1 Å². The van der Waals surface area contributed by atoms with Crippen LogP contribution in [0.5, 0.6) is 0 Å². The largest absolute Gasteiger partial charge is 0.595 e. The summed E-state index contributed by atoms with van der Waals surface area (Å²) in [4.78, 5) is 10.7. The van der Waals surface area contributed by atoms with Crippen LogP contribution in [0.4, 0.5) is 10.5 Å². The summed E-state index contributed by atoms with van der Waals surface area (Å²) >= 11 is 0. The van der Waals surface area contributed by atoms with E-state index in [0.29, 0.717) is 5.56 Å². The molecule has 0 saturated carbocycles. The zero-order chi connectivity index (χ0) is 12.0. The smallest absolute Gasteiger partial charge is 0.410 e. The highest BCUT2D eigenvalue weighted by atomic mass is 16.8. The molecule has 0 aliphatic heterocycles. The summed E-state index contributed by atoms with van der Waals surface area (Å²) in [6.45, 7) is 0. The number of benzene rings is 1. The molecule has 86 valence electrons. The molecule has 0 bridgehead atoms. The Morgan fingerprint density at radius 2 is 2.25 bits per heavy atom. The summed E-state index contributed by atoms with van der Waals surface area (Å²) in [6, 6.07) is 6.47. The van der Waals surface area contributed by atoms with Gasteiger partial charge in [0, 0.05) is 17.8 Å². The van der Waals surface area contributed by atoms with E-state index in [1.165, 1.54) is 25.5 Å². The number of quaternary nitrogens is 1. The number of ether oxygens (including phenoxy) is 1. The maximum absolute atomic E-state index is 10.8. The SMILES string of the molecule is COC(=O)NC=Cc1ccccc1[NH+]([O-])O. The predicted octanol–water partition coefficient (Wildman–Crippen LogP) is 0.417. The number of nitrogens with one attached hydrogen (secondary N) is 2. The molecule has 0 saturated heterocycles. The molecule has 6 nitrogen and oxygen atoms in total. The highest BCUT2D eigenvalue weighted by Gasteiger charge is 2.04. The minimum Gasteiger partial charge on any atom is -0.595 e. The Morgan fingerprint density at radius 3 is 2.88 bits per heavy atom. The van der Waals surface area contributed by atoms with Gasteiger partial charge in [-0.15, -0.1) is 0 Å². The number of methoxy groups -OCH3 is 1. The molecule has 0 aromatic heterocycles. The number of hydrogen-bond acceptors (Lipinski definition) is 4. The average Bonchev–Trinajstić information content (AvgIpc) is 2.29. The minimum absolute atomic E-state index is 0.172. The Morgan fingerprint density at radius 1 is 1.56 bits per heavy atom. The molecule has 1 atom stereocenters. The van der Waals surface area contributed by atoms with Gasteiger partial charge in [-0.25, -0.2) is 10.0 Å². The Labute approximate surface area is 92.3 Å². The fourth-order valence-electron chi connectivity index (χ4n) is 1.10. The van der Waals surface area contributed by atoms with Crippen LogP contribution < -0.4 is 10.5 Å². The second-order valence-electron chi connectivity index (χ2n) is 2.86. The molecule has 1 amide bonds. The average molecular weight is 224 g/mol. The third kappa shape index (κ3) is 3.35. The van der Waals surface area contributed by atoms with Crippen molar-refractivity contribution in [2.45, 2.75) is 0 Å². The lowest BCUT2D eigenvalue weighted by atomic mass is 10.2. The van der Waals surface area contributed by atoms with Gasteiger partial charge in [0.1, 0.15) is 0 Å². The maximum atomic E-state index is 10.8. The van der Waals surface area contributed by atoms with E-state index in [-0.39, 0.29) is 5.69 Å². The molecule has 0 radical (unpaired) electrons. The summed E-state index contributed by atoms with van der Waals surface area (Å²) in [5.74, 6) is 0. The van der Waals surface area contributed by atoms with Crippen molar-refractivity contribution in [2.24, 2.45) is 0 Å². The molecule has 6 heteroatoms. The van der Waals surface area contributed by atoms with Crippen molar-refractivity contribution in [2.75, 3.05) is 7.11 Å². The fourth-order valence-corrected chi connectivity index (χ4v) is 1.10. The van der Waals surface area contributed by atoms with Gasteiger partial charge in [0.15, 0.2) is 5.69 Å². The zero-order valence-electron chi connectivity index (χ0n) is 8.64. The van der Waals surface area contributed by atoms with Crippen LogP contribution in [0.15, 0.2) is 30.5 Å². The van der Waals surface area contributed by atoms with Gasteiger partial charge in [-0.3, -0.25) is 5.32 Å². The lowest BCUT2D eigenvalue weighted by Crippen LogP contribution is -2.99. The van der Waals surface area contributed by atoms with E-state index in [2.05, 4.69) is 10.1 Å². The zero-order valence-corrected chi connectivity index (χ0v) is 8.64. The number of carbonyl (C=O) groups is 1. The summed E-state index contributed by atoms with van der Waals surface area (Å²) in [6.07, 6.45) is 2.21. The summed E-state index contributed by atoms with van der Waals surface area (Å²) < 4.78 is 4.35. The lowest BCUT2D eigenvalue weighted by Gasteiger charge is -2.13. The van der Waals surface area contributed by atoms with Gasteiger partial charge >= 0.3 is 6.09 Å². The van der Waals surface area contributed by atoms with Crippen LogP contribution >= 0.6 is 0 Å². The van der Waals surface area contributed by atoms with Gasteiger partial charge in [0.25, 0.3) is 0 Å². The first-order chi connectivity index (χ1) is 7.65. The number of para-hydroxylation sites is 1. The van der Waals surface area contributed by atoms with Crippen LogP contribution in [-0.2, 0) is 4.74 Å². The Kier molecular flexibility index (Phi) is 4.46. The maximum Gasteiger partial charge on any atom is 0.410 e. The molecule has 1 aromatic carbocycles. The van der Waals surface area contributed by atoms with E-state index >= 15 is 0 Å². The Balaban J connectivity index is 2.76. The molecule has 3 N–H and O–H groups in total. The number of amides is 1. The Bertz CT molecular complexity index is 390. The van der Waals surface area contributed by atoms with Crippen molar-refractivity contribution in [3.63, 3.8) is 0 Å². The van der Waals surface area contributed by atoms with Gasteiger partial charge in [0.05, 0.1) is 7.11 Å². The highest BCUT2D eigenvalue weighted by Crippen LogP contribution is 2.11. The first-order valence-corrected chi connectivity index (χ1v) is 4.48. The molecule has 1 rings (SSSR count). The van der Waals surface area contributed by atoms with Gasteiger partial charge < -0.3 is 9.94 Å². The van der Waals surface area contributed by atoms with Crippen molar-refractivity contribution >= 4 is 17.9 Å². The van der Waals surface area contributed by atoms with E-state index in [1.54, 1.807) is 18.2 Å². The monoisotopic (exact) mass is 224 g/mol. The first kappa shape index (κ1) is 12.2. The summed E-state index contributed by atoms with van der Waals surface area (Å²) in [5, 5.41) is 21.0. The Hall–Kier alpha value is -1.89. The molecule has 0 fully saturated rings. The van der Waals surface area contributed by atoms with E-state index in [9.17, 15) is 10.0 Å². The minimum atomic E-state index is -1.02. The number of alkyl carbamates (subject to hydrolysis) is 1. The molecule has 0 aliphatic rings. The van der Waals surface area contributed by atoms with E-state index in [4.69, 9.17) is 5.21 Å². The molecule has 16 heavy (non-hydrogen) atoms. The van der Waals surface area contributed by atoms with Crippen molar-refractivity contribution in [1.29, 1.82) is 0 Å². The van der Waals surface area contributed by atoms with E-state index in [1.807, 2.05) is 0 Å². The van der Waals surface area contributed by atoms with Crippen molar-refractivity contribution in [3.8, 4) is 0 Å². The molecular formula is C10H12N2O4. The van der Waals surface area contributed by atoms with Crippen LogP contribution in [0.25, 0.3) is 6.08 Å². The normalized spacial score (nSPS) is 12.4. The van der Waals surface area contributed by atoms with Crippen molar-refractivity contribution in [3.05, 3.63) is 41.2 Å². The summed E-state index contributed by atoms with van der Waals surface area (Å²) in [7, 11) is 1.24. The highest BCUT2D eigenvalue weighted by molar-refractivity contribution is 5.70. The van der Waals surface area contributed by atoms with Crippen LogP contribution in [-0.4, -0.2) is 18.4 Å². The number of rotatable bonds is 3. The quantitative estimate of drug-likeness (QED) is 0.649. The molecular weight excluding hydrogens is 212 g/mol. The first-order valence-electron chi connectivity index (χ1n) is 4.48. The second-order valence-corrected chi connectivity index (χ2v) is 2.86. The van der Waals surface area contributed by atoms with Crippen LogP contribution in [0, 0.1) is 5.21 Å². The molecule has 0 heterocycles. The molecule has 1 aromatic rings. The molecule has 1 unspecified atom stereocenters. The third-order valence-corrected chi connectivity index (χ3v) is 1.84. The molecule has 0 aliphatic carbocycles. The van der Waals surface area contributed by atoms with Crippen molar-refractivity contribution < 1.29 is 20.0 Å². The third-order valence-electron chi connectivity index (χ3n) is 1.84. The lowest BCUT2D eigenvalue weighted by molar-refractivity contribution is -0.991. The van der Waals surface area contributed by atoms with E-state index < -0.39 is 11.3 Å². The second kappa shape index (κ2) is 5.86. The van der Waals surface area contributed by atoms with Gasteiger partial charge in [0.2, 0.25) is 0 Å². The van der Waals surface area contributed by atoms with Gasteiger partial charge in [-0.1, -0.05) is 12.1 Å². The molecule has 0 spiro atoms. The van der Waals surface area contributed by atoms with Crippen LogP contribution in [0.1, 0.15) is 5.56 Å². The number of hydrogen-bond donors (Lipinski definition) is 3. The number of carbonyl (C=O) groups excluding carboxylic acids is 1. The van der Waals surface area contributed by atoms with Crippen LogP contribution in [0.3, 0.4) is 0 Å². The van der Waals surface area contributed by atoms with Crippen LogP contribution in [0.2, 0.25) is 0 Å². The van der Waals surface area contributed by atoms with Crippen molar-refractivity contribution in [1.82, 2.24) is 5.32 Å². The van der Waals surface area contributed by atoms with E-state index in [0.717, 1.165) is 0 Å². The summed E-state index contributed by atoms with van der Waals surface area (Å²) in [5.41, 5.74) is 0.678. The van der Waals surface area contributed by atoms with Gasteiger partial charge in [-0.2, -0.15) is 5.23 Å². The predicted molar refractivity (Wildman–Crippen MR) is 56.8 cm³/mol. The van der Waals surface area contributed by atoms with Gasteiger partial charge in [-0.05, 0) is 12.1 Å².